The average Bonchev–Trinajstić information content (AvgIpc) is 2.66. The Morgan fingerprint density at radius 3 is 1.88 bits per heavy atom. The molecular formula is C22H20F3N. The molecule has 134 valence electrons. The van der Waals surface area contributed by atoms with Crippen LogP contribution < -0.4 is 0 Å². The molecule has 0 saturated carbocycles. The normalized spacial score (nSPS) is 11.5. The molecule has 0 aliphatic rings. The number of aromatic nitrogens is 1. The number of halogens is 3. The van der Waals surface area contributed by atoms with Gasteiger partial charge in [-0.15, -0.1) is 0 Å². The molecule has 0 bridgehead atoms. The van der Waals surface area contributed by atoms with E-state index in [9.17, 15) is 13.2 Å². The third kappa shape index (κ3) is 4.31. The zero-order valence-corrected chi connectivity index (χ0v) is 14.6. The van der Waals surface area contributed by atoms with E-state index >= 15 is 0 Å². The maximum atomic E-state index is 13.0. The highest BCUT2D eigenvalue weighted by Gasteiger charge is 2.34. The van der Waals surface area contributed by atoms with Gasteiger partial charge in [0.1, 0.15) is 5.69 Å². The van der Waals surface area contributed by atoms with E-state index in [-0.39, 0.29) is 5.56 Å². The van der Waals surface area contributed by atoms with E-state index in [1.165, 1.54) is 17.8 Å². The van der Waals surface area contributed by atoms with Crippen LogP contribution in [0.4, 0.5) is 13.2 Å². The van der Waals surface area contributed by atoms with Crippen LogP contribution in [0.2, 0.25) is 0 Å². The molecule has 4 heteroatoms. The van der Waals surface area contributed by atoms with Gasteiger partial charge in [0, 0.05) is 6.20 Å². The number of benzene rings is 2. The molecule has 0 aliphatic heterocycles. The molecule has 0 radical (unpaired) electrons. The number of rotatable bonds is 5. The van der Waals surface area contributed by atoms with Gasteiger partial charge in [-0.3, -0.25) is 4.98 Å². The Balaban J connectivity index is 1.70. The lowest BCUT2D eigenvalue weighted by Gasteiger charge is -2.11. The van der Waals surface area contributed by atoms with Crippen LogP contribution in [0.3, 0.4) is 0 Å². The highest BCUT2D eigenvalue weighted by atomic mass is 19.4. The molecule has 0 unspecified atom stereocenters. The van der Waals surface area contributed by atoms with E-state index in [1.54, 1.807) is 6.07 Å². The number of nitrogens with zero attached hydrogens (tertiary/aromatic N) is 1. The average molecular weight is 355 g/mol. The first kappa shape index (κ1) is 18.2. The van der Waals surface area contributed by atoms with Gasteiger partial charge < -0.3 is 0 Å². The van der Waals surface area contributed by atoms with Gasteiger partial charge in [0.15, 0.2) is 0 Å². The Morgan fingerprint density at radius 1 is 0.769 bits per heavy atom. The van der Waals surface area contributed by atoms with E-state index in [1.807, 2.05) is 24.3 Å². The van der Waals surface area contributed by atoms with Crippen LogP contribution in [0.25, 0.3) is 11.1 Å². The second kappa shape index (κ2) is 7.73. The van der Waals surface area contributed by atoms with Crippen LogP contribution in [0.15, 0.2) is 66.9 Å². The number of hydrogen-bond acceptors (Lipinski definition) is 1. The lowest BCUT2D eigenvalue weighted by molar-refractivity contribution is -0.141. The molecule has 1 aromatic heterocycles. The molecule has 1 nitrogen and oxygen atoms in total. The molecular weight excluding hydrogens is 335 g/mol. The molecule has 26 heavy (non-hydrogen) atoms. The highest BCUT2D eigenvalue weighted by Crippen LogP contribution is 2.30. The number of aryl methyl sites for hydroxylation is 3. The van der Waals surface area contributed by atoms with Crippen molar-refractivity contribution in [2.24, 2.45) is 0 Å². The van der Waals surface area contributed by atoms with Crippen molar-refractivity contribution in [3.63, 3.8) is 0 Å². The zero-order valence-electron chi connectivity index (χ0n) is 14.6. The summed E-state index contributed by atoms with van der Waals surface area (Å²) < 4.78 is 39.0. The minimum absolute atomic E-state index is 0.235. The fourth-order valence-electron chi connectivity index (χ4n) is 2.97. The molecule has 3 aromatic rings. The predicted molar refractivity (Wildman–Crippen MR) is 97.9 cm³/mol. The summed E-state index contributed by atoms with van der Waals surface area (Å²) in [6.45, 7) is 2.12. The van der Waals surface area contributed by atoms with Crippen molar-refractivity contribution >= 4 is 0 Å². The Bertz CT molecular complexity index is 850. The van der Waals surface area contributed by atoms with E-state index in [2.05, 4.69) is 36.2 Å². The molecule has 0 atom stereocenters. The van der Waals surface area contributed by atoms with Crippen molar-refractivity contribution in [2.45, 2.75) is 32.4 Å². The quantitative estimate of drug-likeness (QED) is 0.538. The zero-order chi connectivity index (χ0) is 18.6. The monoisotopic (exact) mass is 355 g/mol. The standard InChI is InChI=1S/C22H20F3N/c1-2-16-5-10-18(11-6-16)19-12-7-17(8-13-19)9-14-20-4-3-15-26-21(20)22(23,24)25/h3-8,10-13,15H,2,9,14H2,1H3. The Morgan fingerprint density at radius 2 is 1.35 bits per heavy atom. The van der Waals surface area contributed by atoms with Gasteiger partial charge in [-0.2, -0.15) is 13.2 Å². The van der Waals surface area contributed by atoms with Crippen LogP contribution >= 0.6 is 0 Å². The smallest absolute Gasteiger partial charge is 0.252 e. The molecule has 0 saturated heterocycles. The molecule has 0 spiro atoms. The molecule has 0 aliphatic carbocycles. The van der Waals surface area contributed by atoms with Crippen LogP contribution in [0, 0.1) is 0 Å². The SMILES string of the molecule is CCc1ccc(-c2ccc(CCc3cccnc3C(F)(F)F)cc2)cc1. The van der Waals surface area contributed by atoms with Crippen molar-refractivity contribution < 1.29 is 13.2 Å². The summed E-state index contributed by atoms with van der Waals surface area (Å²) in [5.41, 5.74) is 4.00. The van der Waals surface area contributed by atoms with E-state index in [0.29, 0.717) is 12.8 Å². The lowest BCUT2D eigenvalue weighted by atomic mass is 9.99. The van der Waals surface area contributed by atoms with Crippen molar-refractivity contribution in [3.8, 4) is 11.1 Å². The largest absolute Gasteiger partial charge is 0.433 e. The first-order valence-electron chi connectivity index (χ1n) is 8.66. The summed E-state index contributed by atoms with van der Waals surface area (Å²) in [5.74, 6) is 0. The maximum Gasteiger partial charge on any atom is 0.433 e. The minimum atomic E-state index is -4.41. The summed E-state index contributed by atoms with van der Waals surface area (Å²) in [5, 5.41) is 0. The fourth-order valence-corrected chi connectivity index (χ4v) is 2.97. The van der Waals surface area contributed by atoms with Crippen molar-refractivity contribution in [2.75, 3.05) is 0 Å². The van der Waals surface area contributed by atoms with E-state index < -0.39 is 11.9 Å². The molecule has 0 amide bonds. The predicted octanol–water partition coefficient (Wildman–Crippen LogP) is 6.12. The highest BCUT2D eigenvalue weighted by molar-refractivity contribution is 5.64. The number of hydrogen-bond donors (Lipinski definition) is 0. The van der Waals surface area contributed by atoms with Gasteiger partial charge in [-0.05, 0) is 53.1 Å². The van der Waals surface area contributed by atoms with Crippen molar-refractivity contribution in [3.05, 3.63) is 89.2 Å². The Hall–Kier alpha value is -2.62. The first-order chi connectivity index (χ1) is 12.5. The number of alkyl halides is 3. The number of pyridine rings is 1. The summed E-state index contributed by atoms with van der Waals surface area (Å²) in [6, 6.07) is 19.5. The van der Waals surface area contributed by atoms with E-state index in [0.717, 1.165) is 23.1 Å². The minimum Gasteiger partial charge on any atom is -0.252 e. The van der Waals surface area contributed by atoms with Gasteiger partial charge in [0.2, 0.25) is 0 Å². The third-order valence-electron chi connectivity index (χ3n) is 4.49. The first-order valence-corrected chi connectivity index (χ1v) is 8.66. The Kier molecular flexibility index (Phi) is 5.40. The molecule has 0 N–H and O–H groups in total. The van der Waals surface area contributed by atoms with Crippen LogP contribution in [0.1, 0.15) is 29.3 Å². The van der Waals surface area contributed by atoms with Crippen molar-refractivity contribution in [1.82, 2.24) is 4.98 Å². The summed E-state index contributed by atoms with van der Waals surface area (Å²) in [6.07, 6.45) is -1.36. The third-order valence-corrected chi connectivity index (χ3v) is 4.49. The van der Waals surface area contributed by atoms with Crippen LogP contribution in [0.5, 0.6) is 0 Å². The Labute approximate surface area is 151 Å². The topological polar surface area (TPSA) is 12.9 Å². The molecule has 1 heterocycles. The molecule has 3 rings (SSSR count). The molecule has 2 aromatic carbocycles. The van der Waals surface area contributed by atoms with Crippen LogP contribution in [-0.2, 0) is 25.4 Å². The van der Waals surface area contributed by atoms with Gasteiger partial charge >= 0.3 is 6.18 Å². The van der Waals surface area contributed by atoms with Gasteiger partial charge in [0.05, 0.1) is 0 Å². The maximum absolute atomic E-state index is 13.0. The van der Waals surface area contributed by atoms with Gasteiger partial charge in [-0.25, -0.2) is 0 Å². The second-order valence-corrected chi connectivity index (χ2v) is 6.26. The second-order valence-electron chi connectivity index (χ2n) is 6.26. The van der Waals surface area contributed by atoms with Gasteiger partial charge in [-0.1, -0.05) is 61.5 Å². The van der Waals surface area contributed by atoms with E-state index in [4.69, 9.17) is 0 Å². The fraction of sp³-hybridized carbons (Fsp3) is 0.227. The summed E-state index contributed by atoms with van der Waals surface area (Å²) >= 11 is 0. The van der Waals surface area contributed by atoms with Crippen LogP contribution in [-0.4, -0.2) is 4.98 Å². The van der Waals surface area contributed by atoms with Crippen molar-refractivity contribution in [1.29, 1.82) is 0 Å². The summed E-state index contributed by atoms with van der Waals surface area (Å²) in [4.78, 5) is 3.51. The molecule has 0 fully saturated rings. The van der Waals surface area contributed by atoms with Gasteiger partial charge in [0.25, 0.3) is 0 Å². The summed E-state index contributed by atoms with van der Waals surface area (Å²) in [7, 11) is 0. The lowest BCUT2D eigenvalue weighted by Crippen LogP contribution is -2.12.